The molecule has 27 heavy (non-hydrogen) atoms. The van der Waals surface area contributed by atoms with Crippen molar-refractivity contribution in [3.05, 3.63) is 30.3 Å². The number of hydrogen-bond donors (Lipinski definition) is 1. The number of nitrogens with one attached hydrogen (secondary N) is 1. The van der Waals surface area contributed by atoms with Crippen molar-refractivity contribution in [1.82, 2.24) is 4.90 Å². The Kier molecular flexibility index (Phi) is 6.40. The Bertz CT molecular complexity index is 598. The Balaban J connectivity index is 1.65. The fraction of sp³-hybridized carbons (Fsp3) is 0.667. The molecule has 1 N–H and O–H groups in total. The van der Waals surface area contributed by atoms with Gasteiger partial charge in [0.15, 0.2) is 0 Å². The third-order valence-corrected chi connectivity index (χ3v) is 5.10. The van der Waals surface area contributed by atoms with Gasteiger partial charge < -0.3 is 14.2 Å². The van der Waals surface area contributed by atoms with Crippen LogP contribution in [0.15, 0.2) is 30.3 Å². The van der Waals surface area contributed by atoms with Gasteiger partial charge in [0.05, 0.1) is 13.2 Å². The van der Waals surface area contributed by atoms with Crippen LogP contribution in [0.3, 0.4) is 0 Å². The largest absolute Gasteiger partial charge is 0.447 e. The third-order valence-electron chi connectivity index (χ3n) is 5.10. The van der Waals surface area contributed by atoms with Crippen LogP contribution < -0.4 is 5.32 Å². The first-order valence-corrected chi connectivity index (χ1v) is 9.90. The summed E-state index contributed by atoms with van der Waals surface area (Å²) >= 11 is 0. The molecule has 0 spiro atoms. The van der Waals surface area contributed by atoms with E-state index in [-0.39, 0.29) is 19.1 Å². The number of hydrogen-bond acceptors (Lipinski definition) is 5. The van der Waals surface area contributed by atoms with E-state index in [1.54, 1.807) is 0 Å². The van der Waals surface area contributed by atoms with Crippen molar-refractivity contribution in [2.24, 2.45) is 11.8 Å². The first kappa shape index (κ1) is 20.1. The predicted octanol–water partition coefficient (Wildman–Crippen LogP) is 4.08. The number of rotatable bonds is 7. The number of fused-ring (bicyclic) bond motifs is 1. The predicted molar refractivity (Wildman–Crippen MR) is 104 cm³/mol. The lowest BCUT2D eigenvalue weighted by atomic mass is 10.00. The number of benzene rings is 1. The molecule has 2 fully saturated rings. The molecular formula is C21H32N2O4. The van der Waals surface area contributed by atoms with Crippen LogP contribution in [-0.4, -0.2) is 48.8 Å². The van der Waals surface area contributed by atoms with Crippen LogP contribution in [0, 0.1) is 11.8 Å². The van der Waals surface area contributed by atoms with Gasteiger partial charge in [0.25, 0.3) is 0 Å². The van der Waals surface area contributed by atoms with Gasteiger partial charge in [0.2, 0.25) is 0 Å². The second-order valence-corrected chi connectivity index (χ2v) is 8.49. The lowest BCUT2D eigenvalue weighted by molar-refractivity contribution is -0.0736. The first-order valence-electron chi connectivity index (χ1n) is 9.90. The summed E-state index contributed by atoms with van der Waals surface area (Å²) in [6.45, 7) is 10.1. The van der Waals surface area contributed by atoms with Gasteiger partial charge in [-0.3, -0.25) is 5.32 Å². The molecule has 6 heteroatoms. The highest BCUT2D eigenvalue weighted by molar-refractivity contribution is 5.84. The monoisotopic (exact) mass is 376 g/mol. The number of ether oxygens (including phenoxy) is 3. The quantitative estimate of drug-likeness (QED) is 0.777. The Morgan fingerprint density at radius 2 is 1.67 bits per heavy atom. The lowest BCUT2D eigenvalue weighted by Gasteiger charge is -2.34. The molecule has 0 aliphatic carbocycles. The van der Waals surface area contributed by atoms with Gasteiger partial charge in [-0.15, -0.1) is 0 Å². The summed E-state index contributed by atoms with van der Waals surface area (Å²) in [6, 6.07) is 9.32. The number of para-hydroxylation sites is 1. The van der Waals surface area contributed by atoms with Crippen molar-refractivity contribution in [2.45, 2.75) is 58.5 Å². The van der Waals surface area contributed by atoms with E-state index in [4.69, 9.17) is 14.2 Å². The summed E-state index contributed by atoms with van der Waals surface area (Å²) in [5.74, 6) is 1.04. The molecule has 1 aromatic rings. The van der Waals surface area contributed by atoms with Crippen LogP contribution >= 0.6 is 0 Å². The lowest BCUT2D eigenvalue weighted by Crippen LogP contribution is -2.53. The molecule has 2 saturated heterocycles. The summed E-state index contributed by atoms with van der Waals surface area (Å²) in [4.78, 5) is 14.6. The normalized spacial score (nSPS) is 24.4. The fourth-order valence-corrected chi connectivity index (χ4v) is 3.85. The summed E-state index contributed by atoms with van der Waals surface area (Å²) in [5, 5.41) is 2.77. The number of nitrogens with zero attached hydrogens (tertiary/aromatic N) is 1. The smallest absolute Gasteiger partial charge is 0.411 e. The van der Waals surface area contributed by atoms with Gasteiger partial charge in [-0.2, -0.15) is 0 Å². The maximum absolute atomic E-state index is 12.2. The van der Waals surface area contributed by atoms with E-state index in [0.717, 1.165) is 18.5 Å². The molecule has 150 valence electrons. The number of carbonyl (C=O) groups is 1. The maximum atomic E-state index is 12.2. The average Bonchev–Trinajstić information content (AvgIpc) is 3.13. The van der Waals surface area contributed by atoms with Crippen LogP contribution in [0.2, 0.25) is 0 Å². The molecule has 0 bridgehead atoms. The average molecular weight is 376 g/mol. The highest BCUT2D eigenvalue weighted by Crippen LogP contribution is 2.40. The Hall–Kier alpha value is -1.63. The summed E-state index contributed by atoms with van der Waals surface area (Å²) in [6.07, 6.45) is 1.45. The molecule has 2 heterocycles. The third kappa shape index (κ3) is 4.81. The van der Waals surface area contributed by atoms with Crippen molar-refractivity contribution in [3.8, 4) is 0 Å². The van der Waals surface area contributed by atoms with Crippen LogP contribution in [-0.2, 0) is 14.2 Å². The van der Waals surface area contributed by atoms with Crippen LogP contribution in [0.4, 0.5) is 10.5 Å². The summed E-state index contributed by atoms with van der Waals surface area (Å²) < 4.78 is 17.9. The van der Waals surface area contributed by atoms with E-state index in [0.29, 0.717) is 25.0 Å². The van der Waals surface area contributed by atoms with Gasteiger partial charge in [-0.05, 0) is 36.8 Å². The second kappa shape index (κ2) is 8.59. The van der Waals surface area contributed by atoms with E-state index < -0.39 is 11.6 Å². The van der Waals surface area contributed by atoms with E-state index in [2.05, 4.69) is 37.9 Å². The molecular weight excluding hydrogens is 344 g/mol. The minimum absolute atomic E-state index is 0.0111. The van der Waals surface area contributed by atoms with Crippen molar-refractivity contribution in [1.29, 1.82) is 0 Å². The molecule has 0 radical (unpaired) electrons. The van der Waals surface area contributed by atoms with Gasteiger partial charge in [0, 0.05) is 5.69 Å². The van der Waals surface area contributed by atoms with Crippen molar-refractivity contribution < 1.29 is 19.0 Å². The number of carbonyl (C=O) groups excluding carboxylic acids is 1. The minimum Gasteiger partial charge on any atom is -0.447 e. The van der Waals surface area contributed by atoms with Crippen molar-refractivity contribution in [3.63, 3.8) is 0 Å². The van der Waals surface area contributed by atoms with E-state index in [1.165, 1.54) is 0 Å². The zero-order valence-corrected chi connectivity index (χ0v) is 16.8. The zero-order chi connectivity index (χ0) is 19.4. The molecule has 2 atom stereocenters. The first-order chi connectivity index (χ1) is 12.9. The molecule has 6 nitrogen and oxygen atoms in total. The fourth-order valence-electron chi connectivity index (χ4n) is 3.85. The summed E-state index contributed by atoms with van der Waals surface area (Å²) in [5.41, 5.74) is 0.324. The van der Waals surface area contributed by atoms with Crippen LogP contribution in [0.1, 0.15) is 40.5 Å². The maximum Gasteiger partial charge on any atom is 0.411 e. The van der Waals surface area contributed by atoms with Crippen molar-refractivity contribution >= 4 is 11.8 Å². The van der Waals surface area contributed by atoms with Gasteiger partial charge in [0.1, 0.15) is 24.6 Å². The standard InChI is InChI=1S/C21H32N2O4/c1-15(2)10-18-23-19(11-16(3)4)26-13-21(23,12-25-18)14-27-20(24)22-17-8-6-5-7-9-17/h5-9,15-16,18-19H,10-14H2,1-4H3,(H,22,24)/t18-,19-/m0/s1. The van der Waals surface area contributed by atoms with Crippen LogP contribution in [0.25, 0.3) is 0 Å². The Labute approximate surface area is 162 Å². The highest BCUT2D eigenvalue weighted by Gasteiger charge is 2.56. The Morgan fingerprint density at radius 1 is 1.11 bits per heavy atom. The molecule has 0 saturated carbocycles. The second-order valence-electron chi connectivity index (χ2n) is 8.49. The molecule has 3 rings (SSSR count). The SMILES string of the molecule is CC(C)C[C@@H]1OCC2(COC(=O)Nc3ccccc3)CO[C@@H](CC(C)C)N12. The van der Waals surface area contributed by atoms with E-state index in [9.17, 15) is 4.79 Å². The molecule has 1 aromatic carbocycles. The topological polar surface area (TPSA) is 60.0 Å². The summed E-state index contributed by atoms with van der Waals surface area (Å²) in [7, 11) is 0. The number of anilines is 1. The van der Waals surface area contributed by atoms with Crippen molar-refractivity contribution in [2.75, 3.05) is 25.1 Å². The number of amides is 1. The van der Waals surface area contributed by atoms with Gasteiger partial charge >= 0.3 is 6.09 Å². The molecule has 0 unspecified atom stereocenters. The molecule has 0 aromatic heterocycles. The molecule has 2 aliphatic rings. The minimum atomic E-state index is -0.449. The Morgan fingerprint density at radius 3 is 2.19 bits per heavy atom. The highest BCUT2D eigenvalue weighted by atomic mass is 16.6. The van der Waals surface area contributed by atoms with Crippen LogP contribution in [0.5, 0.6) is 0 Å². The van der Waals surface area contributed by atoms with E-state index >= 15 is 0 Å². The molecule has 2 aliphatic heterocycles. The molecule has 1 amide bonds. The zero-order valence-electron chi connectivity index (χ0n) is 16.8. The van der Waals surface area contributed by atoms with Gasteiger partial charge in [-0.25, -0.2) is 9.69 Å². The van der Waals surface area contributed by atoms with E-state index in [1.807, 2.05) is 30.3 Å². The van der Waals surface area contributed by atoms with Gasteiger partial charge in [-0.1, -0.05) is 45.9 Å².